The van der Waals surface area contributed by atoms with Crippen molar-refractivity contribution in [2.75, 3.05) is 19.6 Å². The summed E-state index contributed by atoms with van der Waals surface area (Å²) in [7, 11) is 0. The first-order valence-electron chi connectivity index (χ1n) is 4.80. The van der Waals surface area contributed by atoms with Crippen LogP contribution in [0, 0.1) is 0 Å². The monoisotopic (exact) mass is 275 g/mol. The first kappa shape index (κ1) is 10.5. The Morgan fingerprint density at radius 2 is 2.64 bits per heavy atom. The maximum Gasteiger partial charge on any atom is 0.108 e. The molecule has 78 valence electrons. The van der Waals surface area contributed by atoms with Crippen LogP contribution in [0.1, 0.15) is 11.9 Å². The molecule has 0 spiro atoms. The number of halogens is 1. The lowest BCUT2D eigenvalue weighted by Crippen LogP contribution is -2.48. The highest BCUT2D eigenvalue weighted by molar-refractivity contribution is 9.11. The minimum absolute atomic E-state index is 0.604. The Morgan fingerprint density at radius 1 is 1.79 bits per heavy atom. The predicted molar refractivity (Wildman–Crippen MR) is 62.6 cm³/mol. The second-order valence-electron chi connectivity index (χ2n) is 3.65. The number of nitrogens with one attached hydrogen (secondary N) is 1. The summed E-state index contributed by atoms with van der Waals surface area (Å²) in [5, 5.41) is 4.63. The summed E-state index contributed by atoms with van der Waals surface area (Å²) in [5.41, 5.74) is 0. The molecule has 14 heavy (non-hydrogen) atoms. The van der Waals surface area contributed by atoms with Gasteiger partial charge in [-0.25, -0.2) is 4.98 Å². The number of piperazine rings is 1. The zero-order valence-corrected chi connectivity index (χ0v) is 10.6. The first-order chi connectivity index (χ1) is 6.74. The summed E-state index contributed by atoms with van der Waals surface area (Å²) in [6.07, 6.45) is 1.88. The Labute approximate surface area is 96.7 Å². The van der Waals surface area contributed by atoms with Gasteiger partial charge in [-0.05, 0) is 22.9 Å². The van der Waals surface area contributed by atoms with E-state index in [9.17, 15) is 0 Å². The molecule has 0 amide bonds. The van der Waals surface area contributed by atoms with E-state index in [2.05, 4.69) is 38.1 Å². The third kappa shape index (κ3) is 2.76. The van der Waals surface area contributed by atoms with Crippen LogP contribution in [0.5, 0.6) is 0 Å². The number of rotatable bonds is 2. The summed E-state index contributed by atoms with van der Waals surface area (Å²) in [6, 6.07) is 0.604. The van der Waals surface area contributed by atoms with Crippen LogP contribution in [-0.2, 0) is 6.54 Å². The topological polar surface area (TPSA) is 28.2 Å². The third-order valence-corrected chi connectivity index (χ3v) is 3.80. The van der Waals surface area contributed by atoms with Gasteiger partial charge < -0.3 is 5.32 Å². The van der Waals surface area contributed by atoms with Crippen LogP contribution >= 0.6 is 27.3 Å². The van der Waals surface area contributed by atoms with Crippen molar-refractivity contribution in [1.82, 2.24) is 15.2 Å². The van der Waals surface area contributed by atoms with Gasteiger partial charge in [0.2, 0.25) is 0 Å². The average Bonchev–Trinajstić information content (AvgIpc) is 2.51. The molecule has 0 unspecified atom stereocenters. The van der Waals surface area contributed by atoms with Crippen LogP contribution in [0.2, 0.25) is 0 Å². The Balaban J connectivity index is 1.90. The molecule has 0 saturated carbocycles. The molecule has 0 radical (unpaired) electrons. The van der Waals surface area contributed by atoms with Gasteiger partial charge in [-0.1, -0.05) is 0 Å². The zero-order valence-electron chi connectivity index (χ0n) is 8.16. The van der Waals surface area contributed by atoms with Crippen LogP contribution in [0.3, 0.4) is 0 Å². The van der Waals surface area contributed by atoms with Gasteiger partial charge in [-0.15, -0.1) is 11.3 Å². The molecule has 0 bridgehead atoms. The van der Waals surface area contributed by atoms with Gasteiger partial charge in [0, 0.05) is 25.7 Å². The molecule has 1 saturated heterocycles. The van der Waals surface area contributed by atoms with E-state index in [0.717, 1.165) is 30.0 Å². The van der Waals surface area contributed by atoms with Gasteiger partial charge in [-0.2, -0.15) is 0 Å². The Bertz CT molecular complexity index is 302. The van der Waals surface area contributed by atoms with Crippen LogP contribution in [0.25, 0.3) is 0 Å². The van der Waals surface area contributed by atoms with E-state index in [1.165, 1.54) is 5.01 Å². The Hall–Kier alpha value is 0.0300. The second kappa shape index (κ2) is 4.70. The number of nitrogens with zero attached hydrogens (tertiary/aromatic N) is 2. The number of aromatic nitrogens is 1. The molecule has 1 aliphatic heterocycles. The summed E-state index contributed by atoms with van der Waals surface area (Å²) in [6.45, 7) is 6.55. The maximum absolute atomic E-state index is 4.34. The van der Waals surface area contributed by atoms with E-state index in [1.807, 2.05) is 6.20 Å². The molecule has 5 heteroatoms. The van der Waals surface area contributed by atoms with E-state index in [1.54, 1.807) is 11.3 Å². The predicted octanol–water partition coefficient (Wildman–Crippen LogP) is 1.70. The standard InChI is InChI=1S/C9H14BrN3S/c1-7-5-13(3-2-11-7)6-9-12-4-8(10)14-9/h4,7,11H,2-3,5-6H2,1H3/t7-/m0/s1. The van der Waals surface area contributed by atoms with Crippen LogP contribution in [0.15, 0.2) is 9.98 Å². The number of hydrogen-bond acceptors (Lipinski definition) is 4. The van der Waals surface area contributed by atoms with Gasteiger partial charge in [0.1, 0.15) is 5.01 Å². The number of hydrogen-bond donors (Lipinski definition) is 1. The summed E-state index contributed by atoms with van der Waals surface area (Å²) < 4.78 is 1.12. The van der Waals surface area contributed by atoms with Crippen molar-refractivity contribution in [3.8, 4) is 0 Å². The zero-order chi connectivity index (χ0) is 9.97. The third-order valence-electron chi connectivity index (χ3n) is 2.34. The van der Waals surface area contributed by atoms with Crippen molar-refractivity contribution < 1.29 is 0 Å². The lowest BCUT2D eigenvalue weighted by atomic mass is 10.2. The molecular weight excluding hydrogens is 262 g/mol. The minimum atomic E-state index is 0.604. The van der Waals surface area contributed by atoms with Crippen LogP contribution < -0.4 is 5.32 Å². The SMILES string of the molecule is C[C@H]1CN(Cc2ncc(Br)s2)CCN1. The van der Waals surface area contributed by atoms with Crippen molar-refractivity contribution in [3.63, 3.8) is 0 Å². The molecule has 1 N–H and O–H groups in total. The lowest BCUT2D eigenvalue weighted by molar-refractivity contribution is 0.199. The van der Waals surface area contributed by atoms with Gasteiger partial charge in [-0.3, -0.25) is 4.90 Å². The summed E-state index contributed by atoms with van der Waals surface area (Å²) in [5.74, 6) is 0. The van der Waals surface area contributed by atoms with E-state index in [-0.39, 0.29) is 0 Å². The highest BCUT2D eigenvalue weighted by Gasteiger charge is 2.16. The molecule has 1 atom stereocenters. The van der Waals surface area contributed by atoms with Crippen LogP contribution in [0.4, 0.5) is 0 Å². The molecule has 0 aliphatic carbocycles. The van der Waals surface area contributed by atoms with Gasteiger partial charge in [0.15, 0.2) is 0 Å². The minimum Gasteiger partial charge on any atom is -0.312 e. The van der Waals surface area contributed by atoms with Crippen LogP contribution in [-0.4, -0.2) is 35.6 Å². The molecule has 1 aromatic rings. The summed E-state index contributed by atoms with van der Waals surface area (Å²) >= 11 is 5.16. The molecular formula is C9H14BrN3S. The van der Waals surface area contributed by atoms with Crippen molar-refractivity contribution >= 4 is 27.3 Å². The number of thiazole rings is 1. The van der Waals surface area contributed by atoms with Crippen molar-refractivity contribution in [1.29, 1.82) is 0 Å². The van der Waals surface area contributed by atoms with E-state index < -0.39 is 0 Å². The van der Waals surface area contributed by atoms with E-state index in [0.29, 0.717) is 6.04 Å². The first-order valence-corrected chi connectivity index (χ1v) is 6.41. The molecule has 2 rings (SSSR count). The molecule has 0 aromatic carbocycles. The summed E-state index contributed by atoms with van der Waals surface area (Å²) in [4.78, 5) is 6.80. The Kier molecular flexibility index (Phi) is 3.54. The normalized spacial score (nSPS) is 24.0. The van der Waals surface area contributed by atoms with Gasteiger partial charge in [0.25, 0.3) is 0 Å². The largest absolute Gasteiger partial charge is 0.312 e. The van der Waals surface area contributed by atoms with E-state index >= 15 is 0 Å². The Morgan fingerprint density at radius 3 is 3.29 bits per heavy atom. The molecule has 2 heterocycles. The van der Waals surface area contributed by atoms with E-state index in [4.69, 9.17) is 0 Å². The fourth-order valence-electron chi connectivity index (χ4n) is 1.71. The molecule has 1 aliphatic rings. The molecule has 1 aromatic heterocycles. The quantitative estimate of drug-likeness (QED) is 0.891. The molecule has 3 nitrogen and oxygen atoms in total. The fraction of sp³-hybridized carbons (Fsp3) is 0.667. The molecule has 1 fully saturated rings. The van der Waals surface area contributed by atoms with Gasteiger partial charge >= 0.3 is 0 Å². The second-order valence-corrected chi connectivity index (χ2v) is 6.14. The van der Waals surface area contributed by atoms with Crippen molar-refractivity contribution in [2.45, 2.75) is 19.5 Å². The smallest absolute Gasteiger partial charge is 0.108 e. The van der Waals surface area contributed by atoms with Gasteiger partial charge in [0.05, 0.1) is 16.5 Å². The lowest BCUT2D eigenvalue weighted by Gasteiger charge is -2.30. The average molecular weight is 276 g/mol. The van der Waals surface area contributed by atoms with Crippen molar-refractivity contribution in [2.24, 2.45) is 0 Å². The maximum atomic E-state index is 4.34. The highest BCUT2D eigenvalue weighted by Crippen LogP contribution is 2.20. The highest BCUT2D eigenvalue weighted by atomic mass is 79.9. The fourth-order valence-corrected chi connectivity index (χ4v) is 3.05. The van der Waals surface area contributed by atoms with Crippen molar-refractivity contribution in [3.05, 3.63) is 15.0 Å².